The molecule has 1 aliphatic heterocycles. The van der Waals surface area contributed by atoms with E-state index in [-0.39, 0.29) is 6.04 Å². The predicted octanol–water partition coefficient (Wildman–Crippen LogP) is 1.25. The third-order valence-electron chi connectivity index (χ3n) is 5.18. The number of nitrogens with zero attached hydrogens (tertiary/aromatic N) is 7. The summed E-state index contributed by atoms with van der Waals surface area (Å²) in [4.78, 5) is 14.1. The summed E-state index contributed by atoms with van der Waals surface area (Å²) in [5, 5.41) is 8.20. The molecule has 1 aliphatic carbocycles. The van der Waals surface area contributed by atoms with E-state index >= 15 is 0 Å². The van der Waals surface area contributed by atoms with E-state index in [1.54, 1.807) is 13.3 Å². The quantitative estimate of drug-likeness (QED) is 0.809. The van der Waals surface area contributed by atoms with Crippen LogP contribution in [0.4, 0.5) is 5.82 Å². The Balaban J connectivity index is 1.70. The van der Waals surface area contributed by atoms with E-state index in [0.717, 1.165) is 36.2 Å². The first-order chi connectivity index (χ1) is 12.1. The van der Waals surface area contributed by atoms with Gasteiger partial charge >= 0.3 is 0 Å². The van der Waals surface area contributed by atoms with Gasteiger partial charge in [0.15, 0.2) is 11.6 Å². The van der Waals surface area contributed by atoms with Crippen LogP contribution in [0.5, 0.6) is 5.75 Å². The Hall–Kier alpha value is -2.22. The highest BCUT2D eigenvalue weighted by atomic mass is 16.5. The minimum atomic E-state index is 0.224. The molecule has 134 valence electrons. The molecule has 0 bridgehead atoms. The maximum absolute atomic E-state index is 5.65. The monoisotopic (exact) mass is 343 g/mol. The highest BCUT2D eigenvalue weighted by molar-refractivity contribution is 5.56. The van der Waals surface area contributed by atoms with E-state index in [1.807, 2.05) is 17.8 Å². The molecule has 2 aromatic heterocycles. The van der Waals surface area contributed by atoms with E-state index in [4.69, 9.17) is 9.72 Å². The van der Waals surface area contributed by atoms with Gasteiger partial charge in [-0.15, -0.1) is 5.10 Å². The van der Waals surface area contributed by atoms with Gasteiger partial charge in [0.05, 0.1) is 31.1 Å². The second-order valence-corrected chi connectivity index (χ2v) is 7.18. The molecule has 0 aromatic carbocycles. The molecule has 0 N–H and O–H groups in total. The van der Waals surface area contributed by atoms with E-state index in [1.165, 1.54) is 12.8 Å². The van der Waals surface area contributed by atoms with Crippen molar-refractivity contribution >= 4 is 5.82 Å². The average Bonchev–Trinajstić information content (AvgIpc) is 3.11. The van der Waals surface area contributed by atoms with Crippen molar-refractivity contribution in [2.45, 2.75) is 37.8 Å². The van der Waals surface area contributed by atoms with Crippen LogP contribution in [-0.2, 0) is 0 Å². The SMILES string of the molecule is COc1c(C)nc(C2CC2)nc1N1C[C@@H](N(C)C)[C@@H](n2ccnn2)C1. The zero-order valence-electron chi connectivity index (χ0n) is 15.3. The molecule has 2 aliphatic rings. The van der Waals surface area contributed by atoms with Crippen LogP contribution >= 0.6 is 0 Å². The summed E-state index contributed by atoms with van der Waals surface area (Å²) >= 11 is 0. The second kappa shape index (κ2) is 6.25. The van der Waals surface area contributed by atoms with Gasteiger partial charge in [-0.1, -0.05) is 5.21 Å². The van der Waals surface area contributed by atoms with E-state index < -0.39 is 0 Å². The number of aromatic nitrogens is 5. The van der Waals surface area contributed by atoms with Gasteiger partial charge in [0.2, 0.25) is 0 Å². The van der Waals surface area contributed by atoms with Crippen molar-refractivity contribution in [1.82, 2.24) is 29.9 Å². The van der Waals surface area contributed by atoms with Gasteiger partial charge in [0.1, 0.15) is 5.82 Å². The maximum Gasteiger partial charge on any atom is 0.182 e. The van der Waals surface area contributed by atoms with Crippen molar-refractivity contribution < 1.29 is 4.74 Å². The van der Waals surface area contributed by atoms with Gasteiger partial charge in [0.25, 0.3) is 0 Å². The molecular weight excluding hydrogens is 318 g/mol. The number of hydrogen-bond acceptors (Lipinski definition) is 7. The zero-order valence-corrected chi connectivity index (χ0v) is 15.3. The van der Waals surface area contributed by atoms with Gasteiger partial charge in [-0.05, 0) is 33.9 Å². The van der Waals surface area contributed by atoms with Crippen molar-refractivity contribution in [1.29, 1.82) is 0 Å². The topological polar surface area (TPSA) is 72.2 Å². The summed E-state index contributed by atoms with van der Waals surface area (Å²) in [6.45, 7) is 3.70. The fourth-order valence-corrected chi connectivity index (χ4v) is 3.65. The van der Waals surface area contributed by atoms with Crippen LogP contribution in [0.25, 0.3) is 0 Å². The third kappa shape index (κ3) is 2.95. The number of likely N-dealkylation sites (N-methyl/N-ethyl adjacent to an activating group) is 1. The van der Waals surface area contributed by atoms with E-state index in [9.17, 15) is 0 Å². The molecule has 8 nitrogen and oxygen atoms in total. The number of hydrogen-bond donors (Lipinski definition) is 0. The largest absolute Gasteiger partial charge is 0.491 e. The molecule has 0 spiro atoms. The zero-order chi connectivity index (χ0) is 17.6. The van der Waals surface area contributed by atoms with Crippen LogP contribution in [0.2, 0.25) is 0 Å². The fourth-order valence-electron chi connectivity index (χ4n) is 3.65. The minimum absolute atomic E-state index is 0.224. The molecule has 3 heterocycles. The molecule has 0 unspecified atom stereocenters. The molecule has 25 heavy (non-hydrogen) atoms. The normalized spacial score (nSPS) is 23.5. The second-order valence-electron chi connectivity index (χ2n) is 7.18. The van der Waals surface area contributed by atoms with E-state index in [0.29, 0.717) is 12.0 Å². The van der Waals surface area contributed by atoms with Gasteiger partial charge in [-0.3, -0.25) is 0 Å². The van der Waals surface area contributed by atoms with Gasteiger partial charge in [-0.2, -0.15) is 0 Å². The standard InChI is InChI=1S/C17H25N7O/c1-11-15(25-4)17(20-16(19-11)12-5-6-12)23-9-13(22(2)3)14(10-23)24-8-7-18-21-24/h7-8,12-14H,5-6,9-10H2,1-4H3/t13-,14+/m1/s1. The van der Waals surface area contributed by atoms with Crippen molar-refractivity contribution in [3.8, 4) is 5.75 Å². The average molecular weight is 343 g/mol. The molecule has 1 saturated carbocycles. The molecule has 4 rings (SSSR count). The van der Waals surface area contributed by atoms with Crippen LogP contribution in [0.1, 0.15) is 36.3 Å². The highest BCUT2D eigenvalue weighted by Crippen LogP contribution is 2.42. The van der Waals surface area contributed by atoms with Gasteiger partial charge < -0.3 is 14.5 Å². The lowest BCUT2D eigenvalue weighted by Gasteiger charge is -2.24. The first kappa shape index (κ1) is 16.3. The minimum Gasteiger partial charge on any atom is -0.491 e. The smallest absolute Gasteiger partial charge is 0.182 e. The van der Waals surface area contributed by atoms with Gasteiger partial charge in [0, 0.05) is 25.2 Å². The maximum atomic E-state index is 5.65. The Bertz CT molecular complexity index is 742. The highest BCUT2D eigenvalue weighted by Gasteiger charge is 2.39. The van der Waals surface area contributed by atoms with Crippen LogP contribution in [0.15, 0.2) is 12.4 Å². The van der Waals surface area contributed by atoms with Crippen LogP contribution < -0.4 is 9.64 Å². The van der Waals surface area contributed by atoms with Crippen molar-refractivity contribution in [2.75, 3.05) is 39.2 Å². The lowest BCUT2D eigenvalue weighted by molar-refractivity contribution is 0.243. The van der Waals surface area contributed by atoms with E-state index in [2.05, 4.69) is 39.2 Å². The summed E-state index contributed by atoms with van der Waals surface area (Å²) < 4.78 is 7.60. The van der Waals surface area contributed by atoms with Crippen molar-refractivity contribution in [3.05, 3.63) is 23.9 Å². The number of aryl methyl sites for hydroxylation is 1. The molecule has 1 saturated heterocycles. The lowest BCUT2D eigenvalue weighted by Crippen LogP contribution is -2.36. The predicted molar refractivity (Wildman–Crippen MR) is 94.0 cm³/mol. The number of methoxy groups -OCH3 is 1. The molecular formula is C17H25N7O. The summed E-state index contributed by atoms with van der Waals surface area (Å²) in [6, 6.07) is 0.549. The summed E-state index contributed by atoms with van der Waals surface area (Å²) in [5.41, 5.74) is 0.917. The molecule has 8 heteroatoms. The lowest BCUT2D eigenvalue weighted by atomic mass is 10.1. The summed E-state index contributed by atoms with van der Waals surface area (Å²) in [6.07, 6.45) is 6.04. The Morgan fingerprint density at radius 1 is 1.20 bits per heavy atom. The fraction of sp³-hybridized carbons (Fsp3) is 0.647. The Morgan fingerprint density at radius 2 is 2.00 bits per heavy atom. The van der Waals surface area contributed by atoms with Gasteiger partial charge in [-0.25, -0.2) is 14.6 Å². The summed E-state index contributed by atoms with van der Waals surface area (Å²) in [5.74, 6) is 3.16. The first-order valence-electron chi connectivity index (χ1n) is 8.78. The van der Waals surface area contributed by atoms with Crippen LogP contribution in [0, 0.1) is 6.92 Å². The number of rotatable bonds is 5. The molecule has 0 amide bonds. The van der Waals surface area contributed by atoms with Crippen molar-refractivity contribution in [2.24, 2.45) is 0 Å². The van der Waals surface area contributed by atoms with Crippen LogP contribution in [0.3, 0.4) is 0 Å². The molecule has 2 fully saturated rings. The first-order valence-corrected chi connectivity index (χ1v) is 8.78. The number of ether oxygens (including phenoxy) is 1. The van der Waals surface area contributed by atoms with Crippen LogP contribution in [-0.4, -0.2) is 70.2 Å². The third-order valence-corrected chi connectivity index (χ3v) is 5.18. The Kier molecular flexibility index (Phi) is 4.07. The molecule has 2 atom stereocenters. The molecule has 0 radical (unpaired) electrons. The Morgan fingerprint density at radius 3 is 2.60 bits per heavy atom. The summed E-state index contributed by atoms with van der Waals surface area (Å²) in [7, 11) is 5.91. The Labute approximate surface area is 147 Å². The molecule has 2 aromatic rings. The van der Waals surface area contributed by atoms with Crippen molar-refractivity contribution in [3.63, 3.8) is 0 Å². The number of anilines is 1.